The first-order valence-corrected chi connectivity index (χ1v) is 7.26. The van der Waals surface area contributed by atoms with Crippen molar-refractivity contribution >= 4 is 16.9 Å². The fourth-order valence-electron chi connectivity index (χ4n) is 2.45. The number of nitrogens with one attached hydrogen (secondary N) is 1. The van der Waals surface area contributed by atoms with Gasteiger partial charge in [0.1, 0.15) is 11.6 Å². The van der Waals surface area contributed by atoms with Gasteiger partial charge in [-0.3, -0.25) is 4.79 Å². The van der Waals surface area contributed by atoms with Crippen LogP contribution in [0.1, 0.15) is 11.4 Å². The molecule has 1 N–H and O–H groups in total. The van der Waals surface area contributed by atoms with Gasteiger partial charge in [0.15, 0.2) is 0 Å². The Bertz CT molecular complexity index is 852. The fraction of sp³-hybridized carbons (Fsp3) is 0.111. The van der Waals surface area contributed by atoms with E-state index in [9.17, 15) is 9.18 Å². The van der Waals surface area contributed by atoms with Gasteiger partial charge in [-0.25, -0.2) is 9.37 Å². The molecular weight excluding hydrogens is 293 g/mol. The van der Waals surface area contributed by atoms with Gasteiger partial charge in [-0.1, -0.05) is 30.8 Å². The Labute approximate surface area is 133 Å². The molecule has 0 radical (unpaired) electrons. The minimum absolute atomic E-state index is 0.245. The van der Waals surface area contributed by atoms with Crippen molar-refractivity contribution in [2.75, 3.05) is 0 Å². The summed E-state index contributed by atoms with van der Waals surface area (Å²) in [5, 5.41) is 2.74. The van der Waals surface area contributed by atoms with E-state index in [0.29, 0.717) is 13.1 Å². The minimum Gasteiger partial charge on any atom is -0.345 e. The molecule has 23 heavy (non-hydrogen) atoms. The van der Waals surface area contributed by atoms with Gasteiger partial charge in [0.05, 0.1) is 17.6 Å². The summed E-state index contributed by atoms with van der Waals surface area (Å²) in [6.45, 7) is 4.30. The summed E-state index contributed by atoms with van der Waals surface area (Å²) in [4.78, 5) is 16.0. The number of carbonyl (C=O) groups excluding carboxylic acids is 1. The number of amides is 1. The molecule has 0 aliphatic carbocycles. The van der Waals surface area contributed by atoms with Gasteiger partial charge in [-0.2, -0.15) is 0 Å². The summed E-state index contributed by atoms with van der Waals surface area (Å²) in [5.41, 5.74) is 2.79. The first-order valence-electron chi connectivity index (χ1n) is 7.26. The van der Waals surface area contributed by atoms with Crippen LogP contribution in [0.4, 0.5) is 4.39 Å². The second-order valence-electron chi connectivity index (χ2n) is 5.15. The topological polar surface area (TPSA) is 46.9 Å². The maximum Gasteiger partial charge on any atom is 0.243 e. The van der Waals surface area contributed by atoms with Crippen LogP contribution in [0.25, 0.3) is 11.0 Å². The van der Waals surface area contributed by atoms with Crippen molar-refractivity contribution in [2.45, 2.75) is 13.1 Å². The molecule has 5 heteroatoms. The maximum atomic E-state index is 13.1. The zero-order chi connectivity index (χ0) is 16.2. The van der Waals surface area contributed by atoms with E-state index in [-0.39, 0.29) is 11.7 Å². The highest BCUT2D eigenvalue weighted by molar-refractivity contribution is 5.86. The standard InChI is InChI=1S/C18H16FN3O/c1-2-18(23)20-11-17-21-15-5-3-4-6-16(15)22(17)12-13-7-9-14(19)10-8-13/h2-10H,1,11-12H2,(H,20,23). The van der Waals surface area contributed by atoms with Crippen molar-refractivity contribution in [1.29, 1.82) is 0 Å². The molecular formula is C18H16FN3O. The second kappa shape index (κ2) is 6.44. The van der Waals surface area contributed by atoms with Crippen LogP contribution >= 0.6 is 0 Å². The molecule has 0 bridgehead atoms. The van der Waals surface area contributed by atoms with E-state index in [1.54, 1.807) is 12.1 Å². The molecule has 0 atom stereocenters. The van der Waals surface area contributed by atoms with Gasteiger partial charge in [0.25, 0.3) is 0 Å². The maximum absolute atomic E-state index is 13.1. The molecule has 116 valence electrons. The van der Waals surface area contributed by atoms with Crippen molar-refractivity contribution in [3.63, 3.8) is 0 Å². The van der Waals surface area contributed by atoms with E-state index in [4.69, 9.17) is 0 Å². The third-order valence-electron chi connectivity index (χ3n) is 3.59. The van der Waals surface area contributed by atoms with E-state index in [2.05, 4.69) is 16.9 Å². The molecule has 0 saturated carbocycles. The molecule has 0 aliphatic heterocycles. The molecule has 1 amide bonds. The van der Waals surface area contributed by atoms with Crippen LogP contribution in [-0.4, -0.2) is 15.5 Å². The normalized spacial score (nSPS) is 10.7. The average molecular weight is 309 g/mol. The van der Waals surface area contributed by atoms with Crippen molar-refractivity contribution in [3.05, 3.63) is 78.4 Å². The van der Waals surface area contributed by atoms with Crippen LogP contribution in [0.15, 0.2) is 61.2 Å². The lowest BCUT2D eigenvalue weighted by atomic mass is 10.2. The first-order chi connectivity index (χ1) is 11.2. The number of carbonyl (C=O) groups is 1. The first kappa shape index (κ1) is 15.0. The molecule has 0 fully saturated rings. The van der Waals surface area contributed by atoms with Crippen LogP contribution in [0.5, 0.6) is 0 Å². The van der Waals surface area contributed by atoms with E-state index >= 15 is 0 Å². The monoisotopic (exact) mass is 309 g/mol. The molecule has 1 heterocycles. The summed E-state index contributed by atoms with van der Waals surface area (Å²) in [6, 6.07) is 14.1. The molecule has 0 aliphatic rings. The van der Waals surface area contributed by atoms with Gasteiger partial charge < -0.3 is 9.88 Å². The quantitative estimate of drug-likeness (QED) is 0.736. The fourth-order valence-corrected chi connectivity index (χ4v) is 2.45. The number of para-hydroxylation sites is 2. The number of rotatable bonds is 5. The van der Waals surface area contributed by atoms with Gasteiger partial charge in [0.2, 0.25) is 5.91 Å². The highest BCUT2D eigenvalue weighted by atomic mass is 19.1. The number of fused-ring (bicyclic) bond motifs is 1. The number of nitrogens with zero attached hydrogens (tertiary/aromatic N) is 2. The van der Waals surface area contributed by atoms with Crippen molar-refractivity contribution < 1.29 is 9.18 Å². The van der Waals surface area contributed by atoms with E-state index in [1.165, 1.54) is 18.2 Å². The summed E-state index contributed by atoms with van der Waals surface area (Å²) in [6.07, 6.45) is 1.23. The highest BCUT2D eigenvalue weighted by Gasteiger charge is 2.11. The summed E-state index contributed by atoms with van der Waals surface area (Å²) in [7, 11) is 0. The smallest absolute Gasteiger partial charge is 0.243 e. The molecule has 2 aromatic carbocycles. The Balaban J connectivity index is 1.96. The predicted octanol–water partition coefficient (Wildman–Crippen LogP) is 3.03. The summed E-state index contributed by atoms with van der Waals surface area (Å²) in [5.74, 6) is 0.235. The number of hydrogen-bond acceptors (Lipinski definition) is 2. The third kappa shape index (κ3) is 3.29. The Kier molecular flexibility index (Phi) is 4.19. The van der Waals surface area contributed by atoms with Gasteiger partial charge in [-0.15, -0.1) is 0 Å². The van der Waals surface area contributed by atoms with Crippen molar-refractivity contribution in [1.82, 2.24) is 14.9 Å². The SMILES string of the molecule is C=CC(=O)NCc1nc2ccccc2n1Cc1ccc(F)cc1. The molecule has 1 aromatic heterocycles. The van der Waals surface area contributed by atoms with E-state index in [0.717, 1.165) is 22.4 Å². The van der Waals surface area contributed by atoms with Crippen LogP contribution in [0.2, 0.25) is 0 Å². The average Bonchev–Trinajstić information content (AvgIpc) is 2.92. The molecule has 4 nitrogen and oxygen atoms in total. The predicted molar refractivity (Wildman–Crippen MR) is 87.3 cm³/mol. The lowest BCUT2D eigenvalue weighted by Gasteiger charge is -2.10. The number of halogens is 1. The zero-order valence-electron chi connectivity index (χ0n) is 12.5. The zero-order valence-corrected chi connectivity index (χ0v) is 12.5. The lowest BCUT2D eigenvalue weighted by molar-refractivity contribution is -0.116. The van der Waals surface area contributed by atoms with E-state index < -0.39 is 0 Å². The molecule has 0 spiro atoms. The summed E-state index contributed by atoms with van der Waals surface area (Å²) < 4.78 is 15.1. The van der Waals surface area contributed by atoms with Crippen LogP contribution < -0.4 is 5.32 Å². The number of hydrogen-bond donors (Lipinski definition) is 1. The van der Waals surface area contributed by atoms with E-state index in [1.807, 2.05) is 28.8 Å². The van der Waals surface area contributed by atoms with Crippen LogP contribution in [-0.2, 0) is 17.9 Å². The Morgan fingerprint density at radius 1 is 1.22 bits per heavy atom. The molecule has 3 rings (SSSR count). The number of aromatic nitrogens is 2. The minimum atomic E-state index is -0.261. The third-order valence-corrected chi connectivity index (χ3v) is 3.59. The van der Waals surface area contributed by atoms with Gasteiger partial charge in [0, 0.05) is 6.54 Å². The largest absolute Gasteiger partial charge is 0.345 e. The highest BCUT2D eigenvalue weighted by Crippen LogP contribution is 2.18. The Morgan fingerprint density at radius 2 is 1.96 bits per heavy atom. The number of imidazole rings is 1. The molecule has 0 unspecified atom stereocenters. The molecule has 0 saturated heterocycles. The van der Waals surface area contributed by atoms with Crippen molar-refractivity contribution in [2.24, 2.45) is 0 Å². The van der Waals surface area contributed by atoms with Crippen LogP contribution in [0.3, 0.4) is 0 Å². The summed E-state index contributed by atoms with van der Waals surface area (Å²) >= 11 is 0. The van der Waals surface area contributed by atoms with Gasteiger partial charge >= 0.3 is 0 Å². The van der Waals surface area contributed by atoms with Gasteiger partial charge in [-0.05, 0) is 35.9 Å². The molecule has 3 aromatic rings. The van der Waals surface area contributed by atoms with Crippen molar-refractivity contribution in [3.8, 4) is 0 Å². The second-order valence-corrected chi connectivity index (χ2v) is 5.15. The van der Waals surface area contributed by atoms with Crippen LogP contribution in [0, 0.1) is 5.82 Å². The Morgan fingerprint density at radius 3 is 2.70 bits per heavy atom. The number of benzene rings is 2. The lowest BCUT2D eigenvalue weighted by Crippen LogP contribution is -2.22. The Hall–Kier alpha value is -2.95.